The third-order valence-corrected chi connectivity index (χ3v) is 4.02. The minimum atomic E-state index is 0.366. The highest BCUT2D eigenvalue weighted by Gasteiger charge is 2.09. The molecule has 18 heavy (non-hydrogen) atoms. The number of halogens is 3. The molecular formula is C14H11BrCl2O. The van der Waals surface area contributed by atoms with E-state index in [1.54, 1.807) is 6.07 Å². The lowest BCUT2D eigenvalue weighted by Crippen LogP contribution is -1.91. The fourth-order valence-electron chi connectivity index (χ4n) is 1.57. The summed E-state index contributed by atoms with van der Waals surface area (Å²) in [6.45, 7) is 2.01. The van der Waals surface area contributed by atoms with Gasteiger partial charge >= 0.3 is 0 Å². The predicted molar refractivity (Wildman–Crippen MR) is 80.0 cm³/mol. The molecule has 0 N–H and O–H groups in total. The highest BCUT2D eigenvalue weighted by atomic mass is 79.9. The second-order valence-corrected chi connectivity index (χ2v) is 5.40. The van der Waals surface area contributed by atoms with Gasteiger partial charge in [0.15, 0.2) is 0 Å². The van der Waals surface area contributed by atoms with E-state index in [1.165, 1.54) is 0 Å². The number of hydrogen-bond donors (Lipinski definition) is 0. The monoisotopic (exact) mass is 344 g/mol. The highest BCUT2D eigenvalue weighted by molar-refractivity contribution is 9.10. The van der Waals surface area contributed by atoms with Gasteiger partial charge in [-0.15, -0.1) is 11.6 Å². The van der Waals surface area contributed by atoms with Crippen LogP contribution in [-0.4, -0.2) is 0 Å². The van der Waals surface area contributed by atoms with Crippen molar-refractivity contribution in [3.05, 3.63) is 57.0 Å². The predicted octanol–water partition coefficient (Wildman–Crippen LogP) is 5.94. The minimum absolute atomic E-state index is 0.366. The van der Waals surface area contributed by atoms with Crippen molar-refractivity contribution < 1.29 is 4.74 Å². The summed E-state index contributed by atoms with van der Waals surface area (Å²) < 4.78 is 6.88. The smallest absolute Gasteiger partial charge is 0.150 e. The molecule has 0 aromatic heterocycles. The van der Waals surface area contributed by atoms with Gasteiger partial charge in [-0.2, -0.15) is 0 Å². The van der Waals surface area contributed by atoms with Crippen LogP contribution in [0.2, 0.25) is 5.02 Å². The van der Waals surface area contributed by atoms with Crippen LogP contribution >= 0.6 is 39.1 Å². The van der Waals surface area contributed by atoms with Crippen LogP contribution in [0.3, 0.4) is 0 Å². The van der Waals surface area contributed by atoms with Gasteiger partial charge in [0.2, 0.25) is 0 Å². The molecule has 0 aliphatic heterocycles. The van der Waals surface area contributed by atoms with Gasteiger partial charge in [0.25, 0.3) is 0 Å². The van der Waals surface area contributed by atoms with Gasteiger partial charge in [-0.05, 0) is 36.8 Å². The average molecular weight is 346 g/mol. The van der Waals surface area contributed by atoms with Crippen LogP contribution in [-0.2, 0) is 5.88 Å². The third-order valence-electron chi connectivity index (χ3n) is 2.54. The van der Waals surface area contributed by atoms with Gasteiger partial charge in [0.1, 0.15) is 11.5 Å². The molecule has 1 nitrogen and oxygen atoms in total. The Morgan fingerprint density at radius 2 is 2.00 bits per heavy atom. The van der Waals surface area contributed by atoms with Gasteiger partial charge in [0.05, 0.1) is 10.9 Å². The number of rotatable bonds is 3. The molecule has 2 aromatic carbocycles. The zero-order valence-electron chi connectivity index (χ0n) is 9.71. The van der Waals surface area contributed by atoms with Crippen LogP contribution in [0, 0.1) is 6.92 Å². The summed E-state index contributed by atoms with van der Waals surface area (Å²) in [4.78, 5) is 0. The number of alkyl halides is 1. The first-order valence-electron chi connectivity index (χ1n) is 5.39. The molecule has 0 saturated heterocycles. The van der Waals surface area contributed by atoms with Crippen molar-refractivity contribution in [2.45, 2.75) is 12.8 Å². The van der Waals surface area contributed by atoms with Crippen molar-refractivity contribution in [1.82, 2.24) is 0 Å². The van der Waals surface area contributed by atoms with Crippen LogP contribution in [0.15, 0.2) is 40.9 Å². The van der Waals surface area contributed by atoms with E-state index in [9.17, 15) is 0 Å². The van der Waals surface area contributed by atoms with Crippen LogP contribution < -0.4 is 4.74 Å². The van der Waals surface area contributed by atoms with E-state index in [0.29, 0.717) is 16.7 Å². The second kappa shape index (κ2) is 5.96. The standard InChI is InChI=1S/C14H11BrCl2O/c1-9-7-11(5-6-12(9)15)18-14-10(8-16)3-2-4-13(14)17/h2-7H,8H2,1H3. The molecule has 0 atom stereocenters. The second-order valence-electron chi connectivity index (χ2n) is 3.87. The summed E-state index contributed by atoms with van der Waals surface area (Å²) in [5.74, 6) is 1.73. The Morgan fingerprint density at radius 3 is 2.67 bits per heavy atom. The van der Waals surface area contributed by atoms with Crippen LogP contribution in [0.4, 0.5) is 0 Å². The van der Waals surface area contributed by atoms with E-state index >= 15 is 0 Å². The molecule has 0 aliphatic carbocycles. The van der Waals surface area contributed by atoms with E-state index in [2.05, 4.69) is 15.9 Å². The maximum absolute atomic E-state index is 6.14. The number of ether oxygens (including phenoxy) is 1. The van der Waals surface area contributed by atoms with Gasteiger partial charge in [0, 0.05) is 10.0 Å². The Kier molecular flexibility index (Phi) is 4.55. The lowest BCUT2D eigenvalue weighted by atomic mass is 10.2. The highest BCUT2D eigenvalue weighted by Crippen LogP contribution is 2.34. The first kappa shape index (κ1) is 13.7. The molecule has 0 saturated carbocycles. The minimum Gasteiger partial charge on any atom is -0.455 e. The number of para-hydroxylation sites is 1. The van der Waals surface area contributed by atoms with Crippen molar-refractivity contribution in [2.75, 3.05) is 0 Å². The van der Waals surface area contributed by atoms with Crippen molar-refractivity contribution in [3.63, 3.8) is 0 Å². The lowest BCUT2D eigenvalue weighted by molar-refractivity contribution is 0.478. The first-order chi connectivity index (χ1) is 8.61. The van der Waals surface area contributed by atoms with E-state index in [-0.39, 0.29) is 0 Å². The maximum atomic E-state index is 6.14. The van der Waals surface area contributed by atoms with Crippen LogP contribution in [0.1, 0.15) is 11.1 Å². The molecule has 0 fully saturated rings. The van der Waals surface area contributed by atoms with E-state index < -0.39 is 0 Å². The van der Waals surface area contributed by atoms with Gasteiger partial charge < -0.3 is 4.74 Å². The molecule has 0 unspecified atom stereocenters. The summed E-state index contributed by atoms with van der Waals surface area (Å²) in [5, 5.41) is 0.564. The first-order valence-corrected chi connectivity index (χ1v) is 7.09. The summed E-state index contributed by atoms with van der Waals surface area (Å²) in [6.07, 6.45) is 0. The maximum Gasteiger partial charge on any atom is 0.150 e. The molecule has 0 bridgehead atoms. The summed E-state index contributed by atoms with van der Waals surface area (Å²) >= 11 is 15.5. The fraction of sp³-hybridized carbons (Fsp3) is 0.143. The Bertz CT molecular complexity index is 570. The van der Waals surface area contributed by atoms with Crippen molar-refractivity contribution in [1.29, 1.82) is 0 Å². The molecule has 0 aliphatic rings. The molecule has 4 heteroatoms. The topological polar surface area (TPSA) is 9.23 Å². The summed E-state index contributed by atoms with van der Waals surface area (Å²) in [5.41, 5.74) is 1.98. The molecule has 2 aromatic rings. The Labute approximate surface area is 125 Å². The van der Waals surface area contributed by atoms with Gasteiger partial charge in [-0.25, -0.2) is 0 Å². The van der Waals surface area contributed by atoms with Gasteiger partial charge in [-0.1, -0.05) is 39.7 Å². The summed E-state index contributed by atoms with van der Waals surface area (Å²) in [7, 11) is 0. The zero-order chi connectivity index (χ0) is 13.1. The SMILES string of the molecule is Cc1cc(Oc2c(Cl)cccc2CCl)ccc1Br. The van der Waals surface area contributed by atoms with E-state index in [1.807, 2.05) is 37.3 Å². The number of benzene rings is 2. The Morgan fingerprint density at radius 1 is 1.22 bits per heavy atom. The number of hydrogen-bond acceptors (Lipinski definition) is 1. The molecule has 0 amide bonds. The van der Waals surface area contributed by atoms with Crippen molar-refractivity contribution in [3.8, 4) is 11.5 Å². The number of aryl methyl sites for hydroxylation is 1. The zero-order valence-corrected chi connectivity index (χ0v) is 12.8. The lowest BCUT2D eigenvalue weighted by Gasteiger charge is -2.12. The molecule has 94 valence electrons. The van der Waals surface area contributed by atoms with E-state index in [4.69, 9.17) is 27.9 Å². The Balaban J connectivity index is 2.36. The molecule has 0 heterocycles. The largest absolute Gasteiger partial charge is 0.455 e. The average Bonchev–Trinajstić information content (AvgIpc) is 2.36. The molecular weight excluding hydrogens is 335 g/mol. The van der Waals surface area contributed by atoms with Crippen LogP contribution in [0.5, 0.6) is 11.5 Å². The Hall–Kier alpha value is -0.700. The van der Waals surface area contributed by atoms with Crippen molar-refractivity contribution >= 4 is 39.1 Å². The quantitative estimate of drug-likeness (QED) is 0.625. The normalized spacial score (nSPS) is 10.4. The van der Waals surface area contributed by atoms with Crippen molar-refractivity contribution in [2.24, 2.45) is 0 Å². The molecule has 0 spiro atoms. The molecule has 2 rings (SSSR count). The third kappa shape index (κ3) is 3.00. The molecule has 0 radical (unpaired) electrons. The van der Waals surface area contributed by atoms with E-state index in [0.717, 1.165) is 21.3 Å². The summed E-state index contributed by atoms with van der Waals surface area (Å²) in [6, 6.07) is 11.3. The van der Waals surface area contributed by atoms with Gasteiger partial charge in [-0.3, -0.25) is 0 Å². The van der Waals surface area contributed by atoms with Crippen LogP contribution in [0.25, 0.3) is 0 Å². The fourth-order valence-corrected chi connectivity index (χ4v) is 2.26.